The molecule has 0 amide bonds. The van der Waals surface area contributed by atoms with Crippen LogP contribution in [-0.2, 0) is 0 Å². The number of nitrogens with zero attached hydrogens (tertiary/aromatic N) is 1. The molecule has 0 aliphatic carbocycles. The van der Waals surface area contributed by atoms with Gasteiger partial charge in [0.25, 0.3) is 0 Å². The Balaban J connectivity index is 1.13. The van der Waals surface area contributed by atoms with E-state index in [0.29, 0.717) is 0 Å². The summed E-state index contributed by atoms with van der Waals surface area (Å²) >= 11 is 0. The fraction of sp³-hybridized carbons (Fsp3) is 0. The maximum Gasteiger partial charge on any atom is 0.0546 e. The molecule has 0 atom stereocenters. The molecule has 0 saturated heterocycles. The molecule has 0 fully saturated rings. The molecule has 0 saturated carbocycles. The van der Waals surface area contributed by atoms with Crippen LogP contribution >= 0.6 is 0 Å². The zero-order valence-electron chi connectivity index (χ0n) is 32.5. The van der Waals surface area contributed by atoms with E-state index in [0.717, 1.165) is 22.6 Å². The lowest BCUT2D eigenvalue weighted by atomic mass is 9.91. The second kappa shape index (κ2) is 14.6. The number of rotatable bonds is 7. The molecular formula is C58H39N. The van der Waals surface area contributed by atoms with Gasteiger partial charge in [0.05, 0.1) is 5.69 Å². The van der Waals surface area contributed by atoms with Crippen LogP contribution in [0, 0.1) is 0 Å². The van der Waals surface area contributed by atoms with Crippen LogP contribution < -0.4 is 4.90 Å². The lowest BCUT2D eigenvalue weighted by Crippen LogP contribution is -2.11. The van der Waals surface area contributed by atoms with Gasteiger partial charge >= 0.3 is 0 Å². The standard InChI is InChI=1S/C58H39N/c1-3-15-40(16-4-1)41-27-32-47(33-28-41)59(48-34-29-43(30-35-48)56-37-44-19-7-9-21-49(44)52-23-11-13-25-54(52)56)58-39-46(31-36-51(58)42-17-5-2-6-18-42)57-38-45-20-8-10-22-50(45)53-24-12-14-26-55(53)57/h1-39H. The minimum absolute atomic E-state index is 1.09. The van der Waals surface area contributed by atoms with Gasteiger partial charge in [-0.15, -0.1) is 0 Å². The van der Waals surface area contributed by atoms with Crippen molar-refractivity contribution < 1.29 is 0 Å². The third-order valence-corrected chi connectivity index (χ3v) is 11.8. The Morgan fingerprint density at radius 2 is 0.593 bits per heavy atom. The zero-order chi connectivity index (χ0) is 39.1. The number of hydrogen-bond donors (Lipinski definition) is 0. The third-order valence-electron chi connectivity index (χ3n) is 11.8. The number of anilines is 3. The lowest BCUT2D eigenvalue weighted by Gasteiger charge is -2.29. The van der Waals surface area contributed by atoms with Gasteiger partial charge in [-0.2, -0.15) is 0 Å². The van der Waals surface area contributed by atoms with Gasteiger partial charge in [0.2, 0.25) is 0 Å². The van der Waals surface area contributed by atoms with Crippen molar-refractivity contribution in [3.63, 3.8) is 0 Å². The maximum absolute atomic E-state index is 2.44. The SMILES string of the molecule is c1ccc(-c2ccc(N(c3ccc(-c4cc5ccccc5c5ccccc45)cc3)c3cc(-c4cc5ccccc5c5ccccc45)ccc3-c3ccccc3)cc2)cc1. The average Bonchev–Trinajstić information content (AvgIpc) is 3.32. The summed E-state index contributed by atoms with van der Waals surface area (Å²) in [5.74, 6) is 0. The summed E-state index contributed by atoms with van der Waals surface area (Å²) in [6.07, 6.45) is 0. The predicted octanol–water partition coefficient (Wildman–Crippen LogP) is 16.4. The van der Waals surface area contributed by atoms with Gasteiger partial charge in [0.15, 0.2) is 0 Å². The summed E-state index contributed by atoms with van der Waals surface area (Å²) in [6.45, 7) is 0. The van der Waals surface area contributed by atoms with Gasteiger partial charge in [0, 0.05) is 16.9 Å². The van der Waals surface area contributed by atoms with Crippen molar-refractivity contribution in [2.24, 2.45) is 0 Å². The van der Waals surface area contributed by atoms with Gasteiger partial charge in [0.1, 0.15) is 0 Å². The van der Waals surface area contributed by atoms with E-state index >= 15 is 0 Å². The van der Waals surface area contributed by atoms with Crippen LogP contribution in [0.1, 0.15) is 0 Å². The third kappa shape index (κ3) is 6.21. The molecule has 0 aliphatic rings. The Morgan fingerprint density at radius 3 is 1.14 bits per heavy atom. The largest absolute Gasteiger partial charge is 0.310 e. The van der Waals surface area contributed by atoms with Crippen molar-refractivity contribution in [1.29, 1.82) is 0 Å². The van der Waals surface area contributed by atoms with E-state index < -0.39 is 0 Å². The Labute approximate surface area is 344 Å². The second-order valence-corrected chi connectivity index (χ2v) is 15.3. The maximum atomic E-state index is 2.44. The van der Waals surface area contributed by atoms with Crippen molar-refractivity contribution >= 4 is 60.2 Å². The summed E-state index contributed by atoms with van der Waals surface area (Å²) in [5, 5.41) is 10.1. The molecule has 0 aliphatic heterocycles. The van der Waals surface area contributed by atoms with Crippen molar-refractivity contribution in [2.45, 2.75) is 0 Å². The Bertz CT molecular complexity index is 3290. The zero-order valence-corrected chi connectivity index (χ0v) is 32.5. The molecule has 0 heterocycles. The first kappa shape index (κ1) is 34.5. The lowest BCUT2D eigenvalue weighted by molar-refractivity contribution is 1.28. The molecular weight excluding hydrogens is 711 g/mol. The summed E-state index contributed by atoms with van der Waals surface area (Å²) in [7, 11) is 0. The fourth-order valence-corrected chi connectivity index (χ4v) is 8.98. The molecule has 11 aromatic carbocycles. The summed E-state index contributed by atoms with van der Waals surface area (Å²) < 4.78 is 0. The Kier molecular flexibility index (Phi) is 8.56. The number of fused-ring (bicyclic) bond motifs is 6. The van der Waals surface area contributed by atoms with Crippen LogP contribution in [0.4, 0.5) is 17.1 Å². The molecule has 0 bridgehead atoms. The van der Waals surface area contributed by atoms with Gasteiger partial charge in [-0.3, -0.25) is 0 Å². The smallest absolute Gasteiger partial charge is 0.0546 e. The summed E-state index contributed by atoms with van der Waals surface area (Å²) in [6, 6.07) is 86.3. The topological polar surface area (TPSA) is 3.24 Å². The Hall–Kier alpha value is -7.74. The molecule has 0 spiro atoms. The molecule has 0 unspecified atom stereocenters. The van der Waals surface area contributed by atoms with E-state index in [1.807, 2.05) is 0 Å². The van der Waals surface area contributed by atoms with Gasteiger partial charge in [-0.1, -0.05) is 194 Å². The van der Waals surface area contributed by atoms with E-state index in [9.17, 15) is 0 Å². The van der Waals surface area contributed by atoms with Crippen LogP contribution in [0.5, 0.6) is 0 Å². The van der Waals surface area contributed by atoms with Crippen molar-refractivity contribution in [3.05, 3.63) is 237 Å². The fourth-order valence-electron chi connectivity index (χ4n) is 8.98. The van der Waals surface area contributed by atoms with Crippen LogP contribution in [0.2, 0.25) is 0 Å². The highest BCUT2D eigenvalue weighted by molar-refractivity contribution is 6.15. The highest BCUT2D eigenvalue weighted by Crippen LogP contribution is 2.46. The van der Waals surface area contributed by atoms with E-state index in [1.54, 1.807) is 0 Å². The van der Waals surface area contributed by atoms with Crippen LogP contribution in [-0.4, -0.2) is 0 Å². The summed E-state index contributed by atoms with van der Waals surface area (Å²) in [5.41, 5.74) is 12.8. The van der Waals surface area contributed by atoms with Crippen LogP contribution in [0.3, 0.4) is 0 Å². The Morgan fingerprint density at radius 1 is 0.220 bits per heavy atom. The molecule has 276 valence electrons. The second-order valence-electron chi connectivity index (χ2n) is 15.3. The molecule has 0 N–H and O–H groups in total. The van der Waals surface area contributed by atoms with Crippen molar-refractivity contribution in [1.82, 2.24) is 0 Å². The summed E-state index contributed by atoms with van der Waals surface area (Å²) in [4.78, 5) is 2.44. The quantitative estimate of drug-likeness (QED) is 0.147. The molecule has 11 rings (SSSR count). The predicted molar refractivity (Wildman–Crippen MR) is 253 cm³/mol. The number of benzene rings is 11. The minimum Gasteiger partial charge on any atom is -0.310 e. The van der Waals surface area contributed by atoms with Gasteiger partial charge < -0.3 is 4.90 Å². The monoisotopic (exact) mass is 749 g/mol. The van der Waals surface area contributed by atoms with Crippen LogP contribution in [0.15, 0.2) is 237 Å². The molecule has 1 heteroatoms. The van der Waals surface area contributed by atoms with Gasteiger partial charge in [-0.25, -0.2) is 0 Å². The first-order valence-electron chi connectivity index (χ1n) is 20.3. The first-order valence-corrected chi connectivity index (χ1v) is 20.3. The van der Waals surface area contributed by atoms with E-state index in [2.05, 4.69) is 241 Å². The van der Waals surface area contributed by atoms with E-state index in [4.69, 9.17) is 0 Å². The first-order chi connectivity index (χ1) is 29.3. The highest BCUT2D eigenvalue weighted by atomic mass is 15.1. The van der Waals surface area contributed by atoms with Crippen molar-refractivity contribution in [3.8, 4) is 44.5 Å². The van der Waals surface area contributed by atoms with Crippen molar-refractivity contribution in [2.75, 3.05) is 4.90 Å². The molecule has 0 aromatic heterocycles. The normalized spacial score (nSPS) is 11.4. The van der Waals surface area contributed by atoms with Gasteiger partial charge in [-0.05, 0) is 124 Å². The minimum atomic E-state index is 1.09. The van der Waals surface area contributed by atoms with E-state index in [-0.39, 0.29) is 0 Å². The number of hydrogen-bond acceptors (Lipinski definition) is 1. The molecule has 1 nitrogen and oxygen atoms in total. The van der Waals surface area contributed by atoms with E-state index in [1.165, 1.54) is 82.0 Å². The molecule has 11 aromatic rings. The average molecular weight is 750 g/mol. The van der Waals surface area contributed by atoms with Crippen LogP contribution in [0.25, 0.3) is 87.6 Å². The molecule has 59 heavy (non-hydrogen) atoms. The highest BCUT2D eigenvalue weighted by Gasteiger charge is 2.20. The molecule has 0 radical (unpaired) electrons.